The van der Waals surface area contributed by atoms with Crippen LogP contribution in [0.2, 0.25) is 0 Å². The number of hydrogen-bond donors (Lipinski definition) is 1. The van der Waals surface area contributed by atoms with E-state index >= 15 is 0 Å². The number of ether oxygens (including phenoxy) is 3. The Morgan fingerprint density at radius 2 is 2.00 bits per heavy atom. The molecule has 2 aromatic carbocycles. The SMILES string of the molecule is COc1ccc(/C=C(\C#N)C(=O)NCC2CCCO2)cc1COc1ccc(C(C)(C)C)cc1. The summed E-state index contributed by atoms with van der Waals surface area (Å²) < 4.78 is 17.0. The summed E-state index contributed by atoms with van der Waals surface area (Å²) in [6.45, 7) is 7.94. The van der Waals surface area contributed by atoms with Crippen molar-refractivity contribution < 1.29 is 19.0 Å². The van der Waals surface area contributed by atoms with Gasteiger partial charge >= 0.3 is 0 Å². The molecule has 1 fully saturated rings. The summed E-state index contributed by atoms with van der Waals surface area (Å²) >= 11 is 0. The van der Waals surface area contributed by atoms with Gasteiger partial charge in [0.25, 0.3) is 5.91 Å². The van der Waals surface area contributed by atoms with E-state index in [1.165, 1.54) is 5.56 Å². The van der Waals surface area contributed by atoms with Gasteiger partial charge in [-0.25, -0.2) is 0 Å². The lowest BCUT2D eigenvalue weighted by Gasteiger charge is -2.19. The number of carbonyl (C=O) groups excluding carboxylic acids is 1. The van der Waals surface area contributed by atoms with Crippen LogP contribution in [0.4, 0.5) is 0 Å². The van der Waals surface area contributed by atoms with E-state index in [0.29, 0.717) is 18.9 Å². The summed E-state index contributed by atoms with van der Waals surface area (Å²) in [5, 5.41) is 12.3. The number of nitrogens with one attached hydrogen (secondary N) is 1. The Labute approximate surface area is 196 Å². The standard InChI is InChI=1S/C27H32N2O4/c1-27(2,3)22-8-10-23(11-9-22)33-18-21-15-19(7-12-25(21)31-4)14-20(16-28)26(30)29-17-24-6-5-13-32-24/h7-12,14-15,24H,5-6,13,17-18H2,1-4H3,(H,29,30)/b20-14+. The van der Waals surface area contributed by atoms with Crippen molar-refractivity contribution in [3.05, 3.63) is 64.7 Å². The zero-order valence-corrected chi connectivity index (χ0v) is 19.8. The number of benzene rings is 2. The molecule has 0 bridgehead atoms. The topological polar surface area (TPSA) is 80.6 Å². The van der Waals surface area contributed by atoms with E-state index in [4.69, 9.17) is 14.2 Å². The minimum absolute atomic E-state index is 0.0242. The maximum absolute atomic E-state index is 12.4. The second-order valence-electron chi connectivity index (χ2n) is 9.15. The van der Waals surface area contributed by atoms with Crippen LogP contribution in [-0.2, 0) is 21.6 Å². The van der Waals surface area contributed by atoms with Crippen molar-refractivity contribution in [2.75, 3.05) is 20.3 Å². The normalized spacial score (nSPS) is 16.2. The zero-order valence-electron chi connectivity index (χ0n) is 19.8. The van der Waals surface area contributed by atoms with Crippen molar-refractivity contribution in [3.8, 4) is 17.6 Å². The maximum atomic E-state index is 12.4. The lowest BCUT2D eigenvalue weighted by molar-refractivity contribution is -0.117. The molecule has 2 aromatic rings. The van der Waals surface area contributed by atoms with Gasteiger partial charge in [0.1, 0.15) is 29.7 Å². The number of hydrogen-bond acceptors (Lipinski definition) is 5. The molecule has 33 heavy (non-hydrogen) atoms. The molecule has 1 unspecified atom stereocenters. The van der Waals surface area contributed by atoms with Gasteiger partial charge in [-0.3, -0.25) is 4.79 Å². The quantitative estimate of drug-likeness (QED) is 0.465. The van der Waals surface area contributed by atoms with Gasteiger partial charge in [-0.1, -0.05) is 39.0 Å². The number of amides is 1. The molecule has 1 aliphatic heterocycles. The Kier molecular flexibility index (Phi) is 8.13. The fourth-order valence-corrected chi connectivity index (χ4v) is 3.64. The van der Waals surface area contributed by atoms with Gasteiger partial charge in [0.2, 0.25) is 0 Å². The second kappa shape index (κ2) is 11.0. The van der Waals surface area contributed by atoms with E-state index in [9.17, 15) is 10.1 Å². The summed E-state index contributed by atoms with van der Waals surface area (Å²) in [5.74, 6) is 1.04. The highest BCUT2D eigenvalue weighted by atomic mass is 16.5. The Morgan fingerprint density at radius 3 is 2.61 bits per heavy atom. The molecule has 1 N–H and O–H groups in total. The predicted octanol–water partition coefficient (Wildman–Crippen LogP) is 4.77. The van der Waals surface area contributed by atoms with Crippen molar-refractivity contribution in [1.82, 2.24) is 5.32 Å². The second-order valence-corrected chi connectivity index (χ2v) is 9.15. The molecular weight excluding hydrogens is 416 g/mol. The Bertz CT molecular complexity index is 1020. The van der Waals surface area contributed by atoms with Gasteiger partial charge in [-0.15, -0.1) is 0 Å². The van der Waals surface area contributed by atoms with Crippen LogP contribution >= 0.6 is 0 Å². The summed E-state index contributed by atoms with van der Waals surface area (Å²) in [6, 6.07) is 15.5. The monoisotopic (exact) mass is 448 g/mol. The molecule has 3 rings (SSSR count). The molecule has 0 radical (unpaired) electrons. The van der Waals surface area contributed by atoms with E-state index < -0.39 is 5.91 Å². The minimum Gasteiger partial charge on any atom is -0.496 e. The van der Waals surface area contributed by atoms with Crippen LogP contribution in [0, 0.1) is 11.3 Å². The molecule has 1 aliphatic rings. The third-order valence-electron chi connectivity index (χ3n) is 5.61. The van der Waals surface area contributed by atoms with Crippen LogP contribution in [0.1, 0.15) is 50.3 Å². The molecule has 1 heterocycles. The van der Waals surface area contributed by atoms with Gasteiger partial charge in [0.05, 0.1) is 13.2 Å². The molecule has 6 nitrogen and oxygen atoms in total. The van der Waals surface area contributed by atoms with Crippen molar-refractivity contribution in [2.45, 2.75) is 51.7 Å². The van der Waals surface area contributed by atoms with E-state index in [2.05, 4.69) is 38.2 Å². The minimum atomic E-state index is -0.402. The van der Waals surface area contributed by atoms with Crippen LogP contribution < -0.4 is 14.8 Å². The molecule has 1 saturated heterocycles. The number of nitrogens with zero attached hydrogens (tertiary/aromatic N) is 1. The molecule has 174 valence electrons. The first-order valence-electron chi connectivity index (χ1n) is 11.2. The first kappa shape index (κ1) is 24.3. The van der Waals surface area contributed by atoms with Gasteiger partial charge in [0, 0.05) is 18.7 Å². The van der Waals surface area contributed by atoms with Gasteiger partial charge in [0.15, 0.2) is 0 Å². The summed E-state index contributed by atoms with van der Waals surface area (Å²) in [6.07, 6.45) is 3.52. The van der Waals surface area contributed by atoms with Crippen molar-refractivity contribution in [2.24, 2.45) is 0 Å². The van der Waals surface area contributed by atoms with Gasteiger partial charge in [-0.2, -0.15) is 5.26 Å². The fraction of sp³-hybridized carbons (Fsp3) is 0.407. The summed E-state index contributed by atoms with van der Waals surface area (Å²) in [7, 11) is 1.60. The smallest absolute Gasteiger partial charge is 0.262 e. The third kappa shape index (κ3) is 6.84. The Hall–Kier alpha value is -3.30. The average Bonchev–Trinajstić information content (AvgIpc) is 3.33. The first-order chi connectivity index (χ1) is 15.8. The van der Waals surface area contributed by atoms with Crippen LogP contribution in [-0.4, -0.2) is 32.3 Å². The van der Waals surface area contributed by atoms with Crippen molar-refractivity contribution in [3.63, 3.8) is 0 Å². The number of nitriles is 1. The molecule has 1 atom stereocenters. The van der Waals surface area contributed by atoms with E-state index in [0.717, 1.165) is 36.3 Å². The molecule has 0 aromatic heterocycles. The van der Waals surface area contributed by atoms with E-state index in [1.54, 1.807) is 13.2 Å². The van der Waals surface area contributed by atoms with Crippen LogP contribution in [0.25, 0.3) is 6.08 Å². The number of methoxy groups -OCH3 is 1. The highest BCUT2D eigenvalue weighted by Crippen LogP contribution is 2.26. The Morgan fingerprint density at radius 1 is 1.24 bits per heavy atom. The molecular formula is C27H32N2O4. The first-order valence-corrected chi connectivity index (χ1v) is 11.2. The highest BCUT2D eigenvalue weighted by molar-refractivity contribution is 6.01. The van der Waals surface area contributed by atoms with E-state index in [1.807, 2.05) is 36.4 Å². The molecule has 1 amide bonds. The summed E-state index contributed by atoms with van der Waals surface area (Å²) in [4.78, 5) is 12.4. The highest BCUT2D eigenvalue weighted by Gasteiger charge is 2.18. The van der Waals surface area contributed by atoms with E-state index in [-0.39, 0.29) is 17.1 Å². The fourth-order valence-electron chi connectivity index (χ4n) is 3.64. The zero-order chi connectivity index (χ0) is 23.8. The number of carbonyl (C=O) groups is 1. The molecule has 0 aliphatic carbocycles. The predicted molar refractivity (Wildman–Crippen MR) is 128 cm³/mol. The molecule has 0 saturated carbocycles. The molecule has 6 heteroatoms. The molecule has 0 spiro atoms. The van der Waals surface area contributed by atoms with Crippen LogP contribution in [0.15, 0.2) is 48.0 Å². The van der Waals surface area contributed by atoms with Crippen LogP contribution in [0.5, 0.6) is 11.5 Å². The Balaban J connectivity index is 1.69. The van der Waals surface area contributed by atoms with Crippen LogP contribution in [0.3, 0.4) is 0 Å². The average molecular weight is 449 g/mol. The number of rotatable bonds is 8. The van der Waals surface area contributed by atoms with Gasteiger partial charge in [-0.05, 0) is 59.7 Å². The summed E-state index contributed by atoms with van der Waals surface area (Å²) in [5.41, 5.74) is 2.91. The lowest BCUT2D eigenvalue weighted by Crippen LogP contribution is -2.32. The largest absolute Gasteiger partial charge is 0.496 e. The third-order valence-corrected chi connectivity index (χ3v) is 5.61. The van der Waals surface area contributed by atoms with Gasteiger partial charge < -0.3 is 19.5 Å². The van der Waals surface area contributed by atoms with Crippen molar-refractivity contribution in [1.29, 1.82) is 5.26 Å². The lowest BCUT2D eigenvalue weighted by atomic mass is 9.87. The van der Waals surface area contributed by atoms with Crippen molar-refractivity contribution >= 4 is 12.0 Å². The maximum Gasteiger partial charge on any atom is 0.262 e.